The molecular formula is C19H18ClF3O2S. The third-order valence-corrected chi connectivity index (χ3v) is 5.31. The lowest BCUT2D eigenvalue weighted by molar-refractivity contribution is -0.145. The summed E-state index contributed by atoms with van der Waals surface area (Å²) in [6, 6.07) is 12.5. The number of hydrogen-bond acceptors (Lipinski definition) is 2. The van der Waals surface area contributed by atoms with Crippen LogP contribution in [-0.4, -0.2) is 16.6 Å². The Kier molecular flexibility index (Phi) is 6.29. The fourth-order valence-electron chi connectivity index (χ4n) is 3.01. The van der Waals surface area contributed by atoms with Crippen molar-refractivity contribution in [1.29, 1.82) is 0 Å². The van der Waals surface area contributed by atoms with Crippen LogP contribution in [0.15, 0.2) is 53.4 Å². The van der Waals surface area contributed by atoms with Crippen LogP contribution in [0, 0.1) is 5.92 Å². The Bertz CT molecular complexity index is 775. The first kappa shape index (κ1) is 20.6. The molecule has 0 saturated carbocycles. The number of rotatable bonds is 6. The van der Waals surface area contributed by atoms with Crippen LogP contribution in [0.5, 0.6) is 0 Å². The predicted molar refractivity (Wildman–Crippen MR) is 97.7 cm³/mol. The molecule has 1 N–H and O–H groups in total. The van der Waals surface area contributed by atoms with E-state index in [1.165, 1.54) is 18.2 Å². The fourth-order valence-corrected chi connectivity index (χ4v) is 3.76. The molecule has 7 heteroatoms. The minimum Gasteiger partial charge on any atom is -0.481 e. The van der Waals surface area contributed by atoms with Crippen molar-refractivity contribution in [3.05, 3.63) is 64.7 Å². The first-order valence-electron chi connectivity index (χ1n) is 7.89. The zero-order chi connectivity index (χ0) is 19.5. The van der Waals surface area contributed by atoms with Gasteiger partial charge in [0.2, 0.25) is 0 Å². The summed E-state index contributed by atoms with van der Waals surface area (Å²) in [5.41, 5.74) is -4.56. The number of thioether (sulfide) groups is 1. The van der Waals surface area contributed by atoms with Gasteiger partial charge in [-0.3, -0.25) is 4.79 Å². The quantitative estimate of drug-likeness (QED) is 0.587. The highest BCUT2D eigenvalue weighted by molar-refractivity contribution is 8.00. The molecule has 0 bridgehead atoms. The summed E-state index contributed by atoms with van der Waals surface area (Å²) in [4.78, 5) is 12.3. The Labute approximate surface area is 159 Å². The molecule has 0 aliphatic heterocycles. The van der Waals surface area contributed by atoms with Crippen LogP contribution >= 0.6 is 23.4 Å². The van der Waals surface area contributed by atoms with Crippen molar-refractivity contribution in [2.45, 2.75) is 36.1 Å². The van der Waals surface area contributed by atoms with Crippen molar-refractivity contribution >= 4 is 29.3 Å². The van der Waals surface area contributed by atoms with Gasteiger partial charge in [-0.15, -0.1) is 0 Å². The Balaban J connectivity index is 2.47. The first-order valence-corrected chi connectivity index (χ1v) is 9.08. The third kappa shape index (κ3) is 4.74. The molecule has 0 heterocycles. The highest BCUT2D eigenvalue weighted by atomic mass is 35.5. The van der Waals surface area contributed by atoms with E-state index in [-0.39, 0.29) is 29.0 Å². The Morgan fingerprint density at radius 3 is 2.27 bits per heavy atom. The molecule has 0 fully saturated rings. The van der Waals surface area contributed by atoms with Crippen molar-refractivity contribution in [2.24, 2.45) is 5.92 Å². The van der Waals surface area contributed by atoms with Gasteiger partial charge in [-0.2, -0.15) is 13.2 Å². The van der Waals surface area contributed by atoms with Gasteiger partial charge in [0.15, 0.2) is 0 Å². The van der Waals surface area contributed by atoms with E-state index in [2.05, 4.69) is 0 Å². The number of aliphatic carboxylic acids is 1. The van der Waals surface area contributed by atoms with Crippen molar-refractivity contribution < 1.29 is 23.1 Å². The zero-order valence-corrected chi connectivity index (χ0v) is 15.8. The van der Waals surface area contributed by atoms with Crippen LogP contribution in [0.3, 0.4) is 0 Å². The molecule has 2 nitrogen and oxygen atoms in total. The van der Waals surface area contributed by atoms with E-state index in [1.807, 2.05) is 0 Å². The highest BCUT2D eigenvalue weighted by Crippen LogP contribution is 2.40. The minimum atomic E-state index is -4.39. The molecule has 0 radical (unpaired) electrons. The van der Waals surface area contributed by atoms with Crippen molar-refractivity contribution in [3.8, 4) is 0 Å². The molecule has 1 atom stereocenters. The zero-order valence-electron chi connectivity index (χ0n) is 14.2. The highest BCUT2D eigenvalue weighted by Gasteiger charge is 2.43. The maximum Gasteiger partial charge on any atom is 0.446 e. The largest absolute Gasteiger partial charge is 0.481 e. The van der Waals surface area contributed by atoms with Crippen LogP contribution in [-0.2, 0) is 16.6 Å². The molecule has 0 aromatic heterocycles. The Morgan fingerprint density at radius 2 is 1.77 bits per heavy atom. The summed E-state index contributed by atoms with van der Waals surface area (Å²) in [7, 11) is 0. The van der Waals surface area contributed by atoms with Crippen molar-refractivity contribution in [1.82, 2.24) is 0 Å². The minimum absolute atomic E-state index is 0.0363. The van der Waals surface area contributed by atoms with Gasteiger partial charge in [0.1, 0.15) is 0 Å². The predicted octanol–water partition coefficient (Wildman–Crippen LogP) is 6.17. The van der Waals surface area contributed by atoms with Crippen LogP contribution in [0.25, 0.3) is 0 Å². The van der Waals surface area contributed by atoms with Gasteiger partial charge in [-0.1, -0.05) is 49.7 Å². The van der Waals surface area contributed by atoms with Crippen LogP contribution in [0.2, 0.25) is 5.02 Å². The van der Waals surface area contributed by atoms with Crippen molar-refractivity contribution in [3.63, 3.8) is 0 Å². The molecule has 2 rings (SSSR count). The van der Waals surface area contributed by atoms with Crippen LogP contribution < -0.4 is 0 Å². The molecule has 0 aliphatic rings. The molecule has 1 unspecified atom stereocenters. The molecule has 2 aromatic rings. The van der Waals surface area contributed by atoms with Crippen molar-refractivity contribution in [2.75, 3.05) is 0 Å². The van der Waals surface area contributed by atoms with E-state index in [0.717, 1.165) is 0 Å². The van der Waals surface area contributed by atoms with Gasteiger partial charge >= 0.3 is 11.5 Å². The second-order valence-corrected chi connectivity index (χ2v) is 7.88. The number of carbonyl (C=O) groups is 1. The SMILES string of the molecule is CC(C)C(Cc1cccc(SC(F)(F)F)c1)(C(=O)O)c1ccc(Cl)cc1. The number of carboxylic acids is 1. The van der Waals surface area contributed by atoms with Gasteiger partial charge in [-0.05, 0) is 59.5 Å². The van der Waals surface area contributed by atoms with E-state index in [0.29, 0.717) is 16.1 Å². The maximum atomic E-state index is 12.6. The average Bonchev–Trinajstić information content (AvgIpc) is 2.51. The number of hydrogen-bond donors (Lipinski definition) is 1. The molecule has 0 saturated heterocycles. The molecule has 140 valence electrons. The smallest absolute Gasteiger partial charge is 0.446 e. The van der Waals surface area contributed by atoms with Gasteiger partial charge in [-0.25, -0.2) is 0 Å². The lowest BCUT2D eigenvalue weighted by atomic mass is 9.68. The molecular weight excluding hydrogens is 385 g/mol. The molecule has 0 aliphatic carbocycles. The summed E-state index contributed by atoms with van der Waals surface area (Å²) >= 11 is 5.70. The van der Waals surface area contributed by atoms with E-state index < -0.39 is 16.9 Å². The molecule has 0 amide bonds. The first-order chi connectivity index (χ1) is 12.0. The number of alkyl halides is 3. The molecule has 26 heavy (non-hydrogen) atoms. The summed E-state index contributed by atoms with van der Waals surface area (Å²) < 4.78 is 37.9. The summed E-state index contributed by atoms with van der Waals surface area (Å²) in [6.45, 7) is 3.58. The second kappa shape index (κ2) is 7.92. The third-order valence-electron chi connectivity index (χ3n) is 4.34. The lowest BCUT2D eigenvalue weighted by Gasteiger charge is -2.34. The number of benzene rings is 2. The summed E-state index contributed by atoms with van der Waals surface area (Å²) in [5.74, 6) is -1.32. The average molecular weight is 403 g/mol. The van der Waals surface area contributed by atoms with Gasteiger partial charge in [0.25, 0.3) is 0 Å². The van der Waals surface area contributed by atoms with Gasteiger partial charge in [0.05, 0.1) is 5.41 Å². The number of halogens is 4. The van der Waals surface area contributed by atoms with Crippen LogP contribution in [0.4, 0.5) is 13.2 Å². The summed E-state index contributed by atoms with van der Waals surface area (Å²) in [5, 5.41) is 10.5. The van der Waals surface area contributed by atoms with E-state index in [1.54, 1.807) is 44.2 Å². The normalized spacial score (nSPS) is 14.3. The summed E-state index contributed by atoms with van der Waals surface area (Å²) in [6.07, 6.45) is 0.0773. The topological polar surface area (TPSA) is 37.3 Å². The monoisotopic (exact) mass is 402 g/mol. The van der Waals surface area contributed by atoms with Gasteiger partial charge < -0.3 is 5.11 Å². The standard InChI is InChI=1S/C19H18ClF3O2S/c1-12(2)18(17(24)25,14-6-8-15(20)9-7-14)11-13-4-3-5-16(10-13)26-19(21,22)23/h3-10,12H,11H2,1-2H3,(H,24,25). The lowest BCUT2D eigenvalue weighted by Crippen LogP contribution is -2.43. The maximum absolute atomic E-state index is 12.6. The second-order valence-electron chi connectivity index (χ2n) is 6.31. The Morgan fingerprint density at radius 1 is 1.15 bits per heavy atom. The Hall–Kier alpha value is -1.66. The van der Waals surface area contributed by atoms with E-state index >= 15 is 0 Å². The molecule has 0 spiro atoms. The van der Waals surface area contributed by atoms with Gasteiger partial charge in [0, 0.05) is 9.92 Å². The number of carboxylic acid groups (broad SMARTS) is 1. The van der Waals surface area contributed by atoms with Crippen LogP contribution in [0.1, 0.15) is 25.0 Å². The fraction of sp³-hybridized carbons (Fsp3) is 0.316. The molecule has 2 aromatic carbocycles. The van der Waals surface area contributed by atoms with E-state index in [9.17, 15) is 23.1 Å². The van der Waals surface area contributed by atoms with E-state index in [4.69, 9.17) is 11.6 Å².